The van der Waals surface area contributed by atoms with Crippen LogP contribution in [0.25, 0.3) is 33.3 Å². The van der Waals surface area contributed by atoms with Crippen molar-refractivity contribution < 1.29 is 47.5 Å². The predicted octanol–water partition coefficient (Wildman–Crippen LogP) is 7.99. The molecule has 0 radical (unpaired) electrons. The average molecular weight is 885 g/mol. The minimum absolute atomic E-state index is 0.0106. The van der Waals surface area contributed by atoms with Gasteiger partial charge in [-0.1, -0.05) is 76.3 Å². The van der Waals surface area contributed by atoms with Crippen molar-refractivity contribution in [1.82, 2.24) is 14.9 Å². The number of fused-ring (bicyclic) bond motifs is 2. The van der Waals surface area contributed by atoms with Crippen LogP contribution in [-0.2, 0) is 34.8 Å². The van der Waals surface area contributed by atoms with E-state index in [4.69, 9.17) is 59.3 Å². The first-order valence-corrected chi connectivity index (χ1v) is 27.7. The van der Waals surface area contributed by atoms with Gasteiger partial charge in [0, 0.05) is 45.0 Å². The molecule has 2 aliphatic heterocycles. The number of carbonyl (C=O) groups is 1. The molecular formula is C44H62ClN3O10Si2. The van der Waals surface area contributed by atoms with E-state index in [0.717, 1.165) is 33.8 Å². The van der Waals surface area contributed by atoms with Gasteiger partial charge in [-0.2, -0.15) is 4.98 Å². The van der Waals surface area contributed by atoms with E-state index in [2.05, 4.69) is 58.8 Å². The fraction of sp³-hybridized carbons (Fsp3) is 0.545. The second kappa shape index (κ2) is 19.8. The number of aliphatic hydroxyl groups excluding tert-OH is 1. The molecule has 3 heterocycles. The van der Waals surface area contributed by atoms with Crippen molar-refractivity contribution in [3.8, 4) is 34.0 Å². The van der Waals surface area contributed by atoms with Gasteiger partial charge in [0.25, 0.3) is 11.9 Å². The number of aromatic nitrogens is 2. The van der Waals surface area contributed by atoms with E-state index in [1.807, 2.05) is 47.0 Å². The van der Waals surface area contributed by atoms with Crippen molar-refractivity contribution in [2.24, 2.45) is 0 Å². The van der Waals surface area contributed by atoms with Crippen molar-refractivity contribution in [3.63, 3.8) is 0 Å². The summed E-state index contributed by atoms with van der Waals surface area (Å²) < 4.78 is 50.6. The fourth-order valence-electron chi connectivity index (χ4n) is 6.89. The Morgan fingerprint density at radius 2 is 1.60 bits per heavy atom. The first kappa shape index (κ1) is 46.2. The Balaban J connectivity index is 1.23. The molecule has 1 amide bonds. The van der Waals surface area contributed by atoms with Crippen molar-refractivity contribution in [3.05, 3.63) is 65.2 Å². The summed E-state index contributed by atoms with van der Waals surface area (Å²) in [7, 11) is -1.82. The number of imidazole rings is 1. The maximum absolute atomic E-state index is 12.9. The molecule has 2 aliphatic rings. The van der Waals surface area contributed by atoms with Crippen LogP contribution in [0.4, 0.5) is 0 Å². The number of hydrogen-bond donors (Lipinski definition) is 2. The molecule has 4 atom stereocenters. The summed E-state index contributed by atoms with van der Waals surface area (Å²) in [4.78, 5) is 17.9. The van der Waals surface area contributed by atoms with E-state index >= 15 is 0 Å². The highest BCUT2D eigenvalue weighted by Crippen LogP contribution is 2.42. The molecule has 0 unspecified atom stereocenters. The Hall–Kier alpha value is -3.36. The van der Waals surface area contributed by atoms with Gasteiger partial charge in [-0.05, 0) is 65.6 Å². The number of rotatable bonds is 20. The Morgan fingerprint density at radius 3 is 2.27 bits per heavy atom. The van der Waals surface area contributed by atoms with Crippen LogP contribution < -0.4 is 14.8 Å². The van der Waals surface area contributed by atoms with Crippen LogP contribution in [0.5, 0.6) is 11.8 Å². The summed E-state index contributed by atoms with van der Waals surface area (Å²) in [5.74, 6) is 0.234. The lowest BCUT2D eigenvalue weighted by Gasteiger charge is -2.39. The first-order valence-electron chi connectivity index (χ1n) is 20.7. The normalized spacial score (nSPS) is 19.5. The second-order valence-electron chi connectivity index (χ2n) is 18.1. The maximum atomic E-state index is 12.9. The maximum Gasteiger partial charge on any atom is 0.299 e. The average Bonchev–Trinajstić information content (AvgIpc) is 3.88. The predicted molar refractivity (Wildman–Crippen MR) is 238 cm³/mol. The number of methoxy groups -OCH3 is 1. The van der Waals surface area contributed by atoms with Crippen LogP contribution in [0.15, 0.2) is 54.6 Å². The smallest absolute Gasteiger partial charge is 0.299 e. The lowest BCUT2D eigenvalue weighted by atomic mass is 9.98. The summed E-state index contributed by atoms with van der Waals surface area (Å²) in [6, 6.07) is 18.6. The van der Waals surface area contributed by atoms with Gasteiger partial charge in [-0.15, -0.1) is 0 Å². The number of aliphatic hydroxyl groups is 1. The van der Waals surface area contributed by atoms with Gasteiger partial charge in [0.1, 0.15) is 24.7 Å². The van der Waals surface area contributed by atoms with Crippen LogP contribution in [0.1, 0.15) is 31.1 Å². The van der Waals surface area contributed by atoms with Crippen LogP contribution in [-0.4, -0.2) is 121 Å². The summed E-state index contributed by atoms with van der Waals surface area (Å²) in [6.07, 6.45) is -1.02. The zero-order valence-electron chi connectivity index (χ0n) is 36.5. The molecule has 0 bridgehead atoms. The van der Waals surface area contributed by atoms with Gasteiger partial charge in [0.15, 0.2) is 21.2 Å². The molecule has 2 saturated heterocycles. The molecular weight excluding hydrogens is 822 g/mol. The van der Waals surface area contributed by atoms with Crippen LogP contribution in [0.2, 0.25) is 48.8 Å². The van der Waals surface area contributed by atoms with Gasteiger partial charge < -0.3 is 48.0 Å². The second-order valence-corrected chi connectivity index (χ2v) is 28.9. The number of halogens is 1. The topological polar surface area (TPSA) is 141 Å². The van der Waals surface area contributed by atoms with Crippen molar-refractivity contribution in [2.45, 2.75) is 95.7 Å². The molecule has 4 aromatic rings. The number of amides is 1. The summed E-state index contributed by atoms with van der Waals surface area (Å²) in [5, 5.41) is 12.3. The Morgan fingerprint density at radius 1 is 0.917 bits per heavy atom. The summed E-state index contributed by atoms with van der Waals surface area (Å²) in [5.41, 5.74) is 5.33. The molecule has 0 aliphatic carbocycles. The van der Waals surface area contributed by atoms with Crippen molar-refractivity contribution in [2.75, 3.05) is 60.1 Å². The SMILES string of the molecule is COCOc1cc(C(=O)NCCOCCO)ccc1-c1ccc(-c2cc3nc(O[C@@H]4CO[C@H]5[C@@H]4OC[C@H]5O[Si](C)(C)C(C)(C)C)n(COCC[Si](C)(C)C)c3cc2Cl)cc1. The summed E-state index contributed by atoms with van der Waals surface area (Å²) >= 11 is 7.07. The molecule has 2 N–H and O–H groups in total. The molecule has 60 heavy (non-hydrogen) atoms. The van der Waals surface area contributed by atoms with Gasteiger partial charge >= 0.3 is 0 Å². The molecule has 0 saturated carbocycles. The minimum atomic E-state index is -2.04. The monoisotopic (exact) mass is 883 g/mol. The van der Waals surface area contributed by atoms with E-state index in [1.54, 1.807) is 19.2 Å². The molecule has 1 aromatic heterocycles. The quantitative estimate of drug-likeness (QED) is 0.0507. The molecule has 13 nitrogen and oxygen atoms in total. The number of carbonyl (C=O) groups excluding carboxylic acids is 1. The number of ether oxygens (including phenoxy) is 7. The molecule has 2 fully saturated rings. The third kappa shape index (κ3) is 11.2. The van der Waals surface area contributed by atoms with E-state index < -0.39 is 16.4 Å². The fourth-order valence-corrected chi connectivity index (χ4v) is 9.23. The molecule has 6 rings (SSSR count). The largest absolute Gasteiger partial charge is 0.467 e. The van der Waals surface area contributed by atoms with Crippen LogP contribution >= 0.6 is 11.6 Å². The van der Waals surface area contributed by atoms with Gasteiger partial charge in [0.2, 0.25) is 0 Å². The number of hydrogen-bond acceptors (Lipinski definition) is 11. The lowest BCUT2D eigenvalue weighted by molar-refractivity contribution is 0.00692. The van der Waals surface area contributed by atoms with E-state index in [9.17, 15) is 4.79 Å². The Labute approximate surface area is 361 Å². The highest BCUT2D eigenvalue weighted by atomic mass is 35.5. The Bertz CT molecular complexity index is 2070. The zero-order valence-corrected chi connectivity index (χ0v) is 39.2. The van der Waals surface area contributed by atoms with Crippen LogP contribution in [0, 0.1) is 0 Å². The van der Waals surface area contributed by atoms with Crippen molar-refractivity contribution >= 4 is 44.9 Å². The highest BCUT2D eigenvalue weighted by Gasteiger charge is 2.52. The van der Waals surface area contributed by atoms with Gasteiger partial charge in [0.05, 0.1) is 55.2 Å². The number of benzene rings is 3. The van der Waals surface area contributed by atoms with E-state index in [-0.39, 0.29) is 62.1 Å². The van der Waals surface area contributed by atoms with Gasteiger partial charge in [-0.3, -0.25) is 9.36 Å². The van der Waals surface area contributed by atoms with E-state index in [1.165, 1.54) is 0 Å². The van der Waals surface area contributed by atoms with E-state index in [0.29, 0.717) is 60.8 Å². The van der Waals surface area contributed by atoms with Crippen molar-refractivity contribution in [1.29, 1.82) is 0 Å². The highest BCUT2D eigenvalue weighted by molar-refractivity contribution is 6.76. The Kier molecular flexibility index (Phi) is 15.2. The lowest BCUT2D eigenvalue weighted by Crippen LogP contribution is -2.47. The molecule has 0 spiro atoms. The first-order chi connectivity index (χ1) is 28.5. The van der Waals surface area contributed by atoms with Gasteiger partial charge in [-0.25, -0.2) is 0 Å². The number of nitrogens with one attached hydrogen (secondary N) is 1. The zero-order chi connectivity index (χ0) is 43.2. The molecule has 328 valence electrons. The minimum Gasteiger partial charge on any atom is -0.467 e. The standard InChI is InChI=1S/C44H62ClN3O10Si2/c1-44(2,3)60(8,9)58-39-26-55-40-38(25-54-41(39)40)57-43-47-35-23-33(34(45)24-36(35)48(43)27-53-20-21-59(5,6)7)30-12-10-29(11-13-30)32-15-14-31(22-37(32)56-28-51-4)42(50)46-16-18-52-19-17-49/h10-15,22-24,38-41,49H,16-21,25-28H2,1-9H3,(H,46,50)/t38-,39-,40-,41-/m1/s1. The third-order valence-corrected chi connectivity index (χ3v) is 17.9. The number of nitrogens with zero attached hydrogens (tertiary/aromatic N) is 2. The summed E-state index contributed by atoms with van der Waals surface area (Å²) in [6.45, 7) is 20.7. The van der Waals surface area contributed by atoms with Crippen LogP contribution in [0.3, 0.4) is 0 Å². The molecule has 16 heteroatoms. The third-order valence-electron chi connectivity index (χ3n) is 11.3. The molecule has 3 aromatic carbocycles.